The SMILES string of the molecule is CCOCCCNC(=NC)NCCc1ccc(CC)cc1. The molecule has 0 fully saturated rings. The van der Waals surface area contributed by atoms with Gasteiger partial charge in [-0.25, -0.2) is 0 Å². The maximum atomic E-state index is 5.31. The lowest BCUT2D eigenvalue weighted by molar-refractivity contribution is 0.145. The van der Waals surface area contributed by atoms with Crippen LogP contribution in [0.15, 0.2) is 29.3 Å². The average Bonchev–Trinajstić information content (AvgIpc) is 2.53. The molecule has 0 saturated carbocycles. The Kier molecular flexibility index (Phi) is 9.29. The topological polar surface area (TPSA) is 45.6 Å². The number of nitrogens with zero attached hydrogens (tertiary/aromatic N) is 1. The fourth-order valence-corrected chi connectivity index (χ4v) is 2.01. The summed E-state index contributed by atoms with van der Waals surface area (Å²) in [6, 6.07) is 8.82. The summed E-state index contributed by atoms with van der Waals surface area (Å²) in [5.74, 6) is 0.858. The first-order valence-electron chi connectivity index (χ1n) is 7.90. The molecule has 1 aromatic carbocycles. The van der Waals surface area contributed by atoms with Crippen LogP contribution in [-0.2, 0) is 17.6 Å². The van der Waals surface area contributed by atoms with Crippen LogP contribution in [0.1, 0.15) is 31.4 Å². The number of aryl methyl sites for hydroxylation is 1. The first-order chi connectivity index (χ1) is 10.3. The van der Waals surface area contributed by atoms with E-state index in [0.29, 0.717) is 0 Å². The molecule has 2 N–H and O–H groups in total. The summed E-state index contributed by atoms with van der Waals surface area (Å²) in [5, 5.41) is 6.63. The van der Waals surface area contributed by atoms with Crippen molar-refractivity contribution in [2.24, 2.45) is 4.99 Å². The third-order valence-corrected chi connectivity index (χ3v) is 3.32. The van der Waals surface area contributed by atoms with E-state index in [9.17, 15) is 0 Å². The van der Waals surface area contributed by atoms with Crippen molar-refractivity contribution in [3.63, 3.8) is 0 Å². The molecule has 0 aliphatic heterocycles. The Hall–Kier alpha value is -1.55. The third-order valence-electron chi connectivity index (χ3n) is 3.32. The molecule has 0 amide bonds. The minimum Gasteiger partial charge on any atom is -0.382 e. The predicted molar refractivity (Wildman–Crippen MR) is 90.0 cm³/mol. The van der Waals surface area contributed by atoms with Crippen LogP contribution in [0.5, 0.6) is 0 Å². The van der Waals surface area contributed by atoms with E-state index >= 15 is 0 Å². The molecular formula is C17H29N3O. The first kappa shape index (κ1) is 17.5. The van der Waals surface area contributed by atoms with Crippen molar-refractivity contribution < 1.29 is 4.74 Å². The minimum absolute atomic E-state index is 0.782. The number of hydrogen-bond donors (Lipinski definition) is 2. The zero-order chi connectivity index (χ0) is 15.3. The molecule has 0 bridgehead atoms. The van der Waals surface area contributed by atoms with E-state index in [4.69, 9.17) is 4.74 Å². The normalized spacial score (nSPS) is 11.5. The monoisotopic (exact) mass is 291 g/mol. The summed E-state index contributed by atoms with van der Waals surface area (Å²) in [5.41, 5.74) is 2.74. The van der Waals surface area contributed by atoms with E-state index < -0.39 is 0 Å². The van der Waals surface area contributed by atoms with Crippen molar-refractivity contribution in [3.8, 4) is 0 Å². The van der Waals surface area contributed by atoms with Crippen LogP contribution in [0.4, 0.5) is 0 Å². The van der Waals surface area contributed by atoms with Gasteiger partial charge in [-0.1, -0.05) is 31.2 Å². The van der Waals surface area contributed by atoms with Crippen LogP contribution in [0.25, 0.3) is 0 Å². The van der Waals surface area contributed by atoms with E-state index in [0.717, 1.165) is 51.5 Å². The molecule has 0 aliphatic rings. The van der Waals surface area contributed by atoms with Crippen LogP contribution in [-0.4, -0.2) is 39.3 Å². The van der Waals surface area contributed by atoms with Gasteiger partial charge < -0.3 is 15.4 Å². The van der Waals surface area contributed by atoms with Crippen LogP contribution >= 0.6 is 0 Å². The maximum Gasteiger partial charge on any atom is 0.190 e. The molecule has 1 aromatic rings. The summed E-state index contributed by atoms with van der Waals surface area (Å²) in [6.07, 6.45) is 3.09. The average molecular weight is 291 g/mol. The minimum atomic E-state index is 0.782. The van der Waals surface area contributed by atoms with E-state index in [1.807, 2.05) is 6.92 Å². The van der Waals surface area contributed by atoms with Crippen LogP contribution in [0.2, 0.25) is 0 Å². The highest BCUT2D eigenvalue weighted by atomic mass is 16.5. The smallest absolute Gasteiger partial charge is 0.190 e. The Labute approximate surface area is 129 Å². The molecule has 1 rings (SSSR count). The van der Waals surface area contributed by atoms with E-state index in [1.165, 1.54) is 11.1 Å². The van der Waals surface area contributed by atoms with Crippen LogP contribution in [0.3, 0.4) is 0 Å². The molecule has 0 spiro atoms. The third kappa shape index (κ3) is 7.71. The second kappa shape index (κ2) is 11.1. The largest absolute Gasteiger partial charge is 0.382 e. The molecule has 0 aliphatic carbocycles. The molecule has 0 radical (unpaired) electrons. The number of guanidine groups is 1. The van der Waals surface area contributed by atoms with Crippen LogP contribution < -0.4 is 10.6 Å². The molecule has 4 nitrogen and oxygen atoms in total. The Morgan fingerprint density at radius 1 is 1.05 bits per heavy atom. The standard InChI is InChI=1S/C17H29N3O/c1-4-15-7-9-16(10-8-15)11-13-20-17(18-3)19-12-6-14-21-5-2/h7-10H,4-6,11-14H2,1-3H3,(H2,18,19,20). The van der Waals surface area contributed by atoms with Gasteiger partial charge in [-0.2, -0.15) is 0 Å². The summed E-state index contributed by atoms with van der Waals surface area (Å²) < 4.78 is 5.31. The fraction of sp³-hybridized carbons (Fsp3) is 0.588. The van der Waals surface area contributed by atoms with Crippen molar-refractivity contribution in [1.29, 1.82) is 0 Å². The molecule has 118 valence electrons. The lowest BCUT2D eigenvalue weighted by Crippen LogP contribution is -2.39. The zero-order valence-electron chi connectivity index (χ0n) is 13.6. The van der Waals surface area contributed by atoms with Gasteiger partial charge in [-0.3, -0.25) is 4.99 Å². The van der Waals surface area contributed by atoms with Gasteiger partial charge in [0.2, 0.25) is 0 Å². The van der Waals surface area contributed by atoms with Gasteiger partial charge in [0.1, 0.15) is 0 Å². The van der Waals surface area contributed by atoms with Gasteiger partial charge in [0.25, 0.3) is 0 Å². The second-order valence-corrected chi connectivity index (χ2v) is 4.90. The molecule has 21 heavy (non-hydrogen) atoms. The molecule has 0 unspecified atom stereocenters. The quantitative estimate of drug-likeness (QED) is 0.417. The summed E-state index contributed by atoms with van der Waals surface area (Å²) in [6.45, 7) is 7.54. The van der Waals surface area contributed by atoms with Crippen molar-refractivity contribution in [2.45, 2.75) is 33.1 Å². The summed E-state index contributed by atoms with van der Waals surface area (Å²) >= 11 is 0. The van der Waals surface area contributed by atoms with E-state index in [2.05, 4.69) is 46.8 Å². The molecule has 0 saturated heterocycles. The second-order valence-electron chi connectivity index (χ2n) is 4.90. The molecule has 0 heterocycles. The summed E-state index contributed by atoms with van der Waals surface area (Å²) in [7, 11) is 1.80. The van der Waals surface area contributed by atoms with Crippen molar-refractivity contribution in [3.05, 3.63) is 35.4 Å². The van der Waals surface area contributed by atoms with E-state index in [-0.39, 0.29) is 0 Å². The maximum absolute atomic E-state index is 5.31. The molecule has 0 aromatic heterocycles. The van der Waals surface area contributed by atoms with Crippen molar-refractivity contribution in [1.82, 2.24) is 10.6 Å². The lowest BCUT2D eigenvalue weighted by atomic mass is 10.1. The Bertz CT molecular complexity index is 401. The first-order valence-corrected chi connectivity index (χ1v) is 7.90. The van der Waals surface area contributed by atoms with Gasteiger partial charge >= 0.3 is 0 Å². The zero-order valence-corrected chi connectivity index (χ0v) is 13.6. The number of rotatable bonds is 9. The van der Waals surface area contributed by atoms with Gasteiger partial charge in [0.15, 0.2) is 5.96 Å². The Morgan fingerprint density at radius 3 is 2.33 bits per heavy atom. The Balaban J connectivity index is 2.19. The van der Waals surface area contributed by atoms with Crippen molar-refractivity contribution in [2.75, 3.05) is 33.4 Å². The lowest BCUT2D eigenvalue weighted by Gasteiger charge is -2.12. The predicted octanol–water partition coefficient (Wildman–Crippen LogP) is 2.38. The highest BCUT2D eigenvalue weighted by Gasteiger charge is 1.98. The van der Waals surface area contributed by atoms with E-state index in [1.54, 1.807) is 7.05 Å². The van der Waals surface area contributed by atoms with Gasteiger partial charge in [-0.05, 0) is 37.3 Å². The number of ether oxygens (including phenoxy) is 1. The molecule has 4 heteroatoms. The number of nitrogens with one attached hydrogen (secondary N) is 2. The van der Waals surface area contributed by atoms with Gasteiger partial charge in [0.05, 0.1) is 0 Å². The van der Waals surface area contributed by atoms with Gasteiger partial charge in [0, 0.05) is 33.4 Å². The van der Waals surface area contributed by atoms with Crippen molar-refractivity contribution >= 4 is 5.96 Å². The molecule has 0 atom stereocenters. The summed E-state index contributed by atoms with van der Waals surface area (Å²) in [4.78, 5) is 4.22. The Morgan fingerprint density at radius 2 is 1.71 bits per heavy atom. The van der Waals surface area contributed by atoms with Crippen LogP contribution in [0, 0.1) is 0 Å². The number of hydrogen-bond acceptors (Lipinski definition) is 2. The fourth-order valence-electron chi connectivity index (χ4n) is 2.01. The highest BCUT2D eigenvalue weighted by molar-refractivity contribution is 5.79. The number of aliphatic imine (C=N–C) groups is 1. The number of benzene rings is 1. The molecular weight excluding hydrogens is 262 g/mol. The van der Waals surface area contributed by atoms with Gasteiger partial charge in [-0.15, -0.1) is 0 Å². The highest BCUT2D eigenvalue weighted by Crippen LogP contribution is 2.05.